The van der Waals surface area contributed by atoms with Crippen LogP contribution in [0.4, 0.5) is 10.9 Å². The molecule has 118 valence electrons. The second kappa shape index (κ2) is 7.09. The van der Waals surface area contributed by atoms with Crippen LogP contribution in [0.2, 0.25) is 0 Å². The second-order valence-corrected chi connectivity index (χ2v) is 6.35. The molecule has 2 rings (SSSR count). The predicted molar refractivity (Wildman–Crippen MR) is 85.8 cm³/mol. The molecular weight excluding hydrogens is 288 g/mol. The van der Waals surface area contributed by atoms with Gasteiger partial charge < -0.3 is 20.7 Å². The minimum absolute atomic E-state index is 0.0154. The van der Waals surface area contributed by atoms with Gasteiger partial charge in [0.1, 0.15) is 10.7 Å². The van der Waals surface area contributed by atoms with Crippen molar-refractivity contribution in [3.05, 3.63) is 4.88 Å². The molecule has 1 fully saturated rings. The maximum atomic E-state index is 12.8. The molecule has 1 aromatic rings. The molecule has 1 aliphatic rings. The number of aromatic nitrogens is 1. The van der Waals surface area contributed by atoms with E-state index in [0.29, 0.717) is 35.0 Å². The van der Waals surface area contributed by atoms with Crippen molar-refractivity contribution in [1.82, 2.24) is 9.88 Å². The second-order valence-electron chi connectivity index (χ2n) is 5.35. The fraction of sp³-hybridized carbons (Fsp3) is 0.714. The number of carbonyl (C=O) groups excluding carboxylic acids is 1. The number of nitrogens with zero attached hydrogens (tertiary/aromatic N) is 2. The summed E-state index contributed by atoms with van der Waals surface area (Å²) >= 11 is 1.33. The molecule has 0 aromatic carbocycles. The monoisotopic (exact) mass is 312 g/mol. The molecule has 6 nitrogen and oxygen atoms in total. The molecule has 3 N–H and O–H groups in total. The summed E-state index contributed by atoms with van der Waals surface area (Å²) in [7, 11) is 1.65. The van der Waals surface area contributed by atoms with Gasteiger partial charge in [0.15, 0.2) is 5.13 Å². The Morgan fingerprint density at radius 3 is 3.00 bits per heavy atom. The lowest BCUT2D eigenvalue weighted by molar-refractivity contribution is 0.0682. The normalized spacial score (nSPS) is 21.8. The number of nitrogens with one attached hydrogen (secondary N) is 1. The minimum Gasteiger partial charge on any atom is -0.383 e. The number of likely N-dealkylation sites (tertiary alicyclic amines) is 1. The van der Waals surface area contributed by atoms with Crippen molar-refractivity contribution in [3.8, 4) is 0 Å². The molecule has 0 aliphatic carbocycles. The number of hydrogen-bond acceptors (Lipinski definition) is 6. The van der Waals surface area contributed by atoms with Crippen molar-refractivity contribution in [2.45, 2.75) is 45.2 Å². The number of rotatable bonds is 6. The van der Waals surface area contributed by atoms with Crippen LogP contribution >= 0.6 is 11.3 Å². The Morgan fingerprint density at radius 2 is 2.33 bits per heavy atom. The third-order valence-electron chi connectivity index (χ3n) is 3.92. The highest BCUT2D eigenvalue weighted by Gasteiger charge is 2.35. The summed E-state index contributed by atoms with van der Waals surface area (Å²) in [6, 6.07) is 0.591. The highest BCUT2D eigenvalue weighted by Crippen LogP contribution is 2.32. The number of hydrogen-bond donors (Lipinski definition) is 2. The molecule has 0 saturated carbocycles. The molecule has 0 radical (unpaired) electrons. The van der Waals surface area contributed by atoms with E-state index in [0.717, 1.165) is 19.3 Å². The molecular formula is C14H24N4O2S. The summed E-state index contributed by atoms with van der Waals surface area (Å²) in [6.07, 6.45) is 3.11. The molecule has 1 aliphatic heterocycles. The molecule has 1 saturated heterocycles. The van der Waals surface area contributed by atoms with Gasteiger partial charge in [-0.1, -0.05) is 18.3 Å². The van der Waals surface area contributed by atoms with Gasteiger partial charge in [0, 0.05) is 25.7 Å². The van der Waals surface area contributed by atoms with Crippen LogP contribution in [0.25, 0.3) is 0 Å². The van der Waals surface area contributed by atoms with Crippen LogP contribution in [0, 0.1) is 0 Å². The Morgan fingerprint density at radius 1 is 1.57 bits per heavy atom. The first-order valence-electron chi connectivity index (χ1n) is 7.40. The third-order valence-corrected chi connectivity index (χ3v) is 4.94. The fourth-order valence-electron chi connectivity index (χ4n) is 2.78. The SMILES string of the molecule is CCC1CCC(C)N1C(=O)c1sc(NCCOC)nc1N. The smallest absolute Gasteiger partial charge is 0.268 e. The summed E-state index contributed by atoms with van der Waals surface area (Å²) in [4.78, 5) is 19.5. The summed E-state index contributed by atoms with van der Waals surface area (Å²) in [5, 5.41) is 3.79. The van der Waals surface area contributed by atoms with E-state index in [2.05, 4.69) is 24.1 Å². The number of nitrogen functional groups attached to an aromatic ring is 1. The first-order valence-corrected chi connectivity index (χ1v) is 8.21. The van der Waals surface area contributed by atoms with E-state index >= 15 is 0 Å². The van der Waals surface area contributed by atoms with Crippen LogP contribution in [0.3, 0.4) is 0 Å². The lowest BCUT2D eigenvalue weighted by Gasteiger charge is -2.27. The van der Waals surface area contributed by atoms with Gasteiger partial charge in [0.05, 0.1) is 6.61 Å². The number of thiazole rings is 1. The van der Waals surface area contributed by atoms with Gasteiger partial charge in [0.25, 0.3) is 5.91 Å². The molecule has 21 heavy (non-hydrogen) atoms. The van der Waals surface area contributed by atoms with Gasteiger partial charge in [-0.15, -0.1) is 0 Å². The molecule has 2 heterocycles. The first-order chi connectivity index (χ1) is 10.1. The molecule has 0 spiro atoms. The highest BCUT2D eigenvalue weighted by molar-refractivity contribution is 7.18. The predicted octanol–water partition coefficient (Wildman–Crippen LogP) is 2.19. The standard InChI is InChI=1S/C14H24N4O2S/c1-4-10-6-5-9(2)18(10)13(19)11-12(15)17-14(21-11)16-7-8-20-3/h9-10H,4-8,15H2,1-3H3,(H,16,17). The van der Waals surface area contributed by atoms with Gasteiger partial charge in [-0.3, -0.25) is 4.79 Å². The number of anilines is 2. The zero-order chi connectivity index (χ0) is 15.4. The van der Waals surface area contributed by atoms with Gasteiger partial charge in [-0.2, -0.15) is 0 Å². The topological polar surface area (TPSA) is 80.5 Å². The fourth-order valence-corrected chi connectivity index (χ4v) is 3.63. The number of nitrogens with two attached hydrogens (primary N) is 1. The van der Waals surface area contributed by atoms with Crippen LogP contribution in [-0.4, -0.2) is 48.1 Å². The van der Waals surface area contributed by atoms with Crippen LogP contribution in [0.5, 0.6) is 0 Å². The Kier molecular flexibility index (Phi) is 5.41. The summed E-state index contributed by atoms with van der Waals surface area (Å²) in [5.74, 6) is 0.334. The lowest BCUT2D eigenvalue weighted by atomic mass is 10.1. The Labute approximate surface area is 129 Å². The number of methoxy groups -OCH3 is 1. The molecule has 2 atom stereocenters. The molecule has 1 amide bonds. The third kappa shape index (κ3) is 3.47. The van der Waals surface area contributed by atoms with Gasteiger partial charge in [0.2, 0.25) is 0 Å². The quantitative estimate of drug-likeness (QED) is 0.787. The number of carbonyl (C=O) groups is 1. The lowest BCUT2D eigenvalue weighted by Crippen LogP contribution is -2.39. The highest BCUT2D eigenvalue weighted by atomic mass is 32.1. The zero-order valence-electron chi connectivity index (χ0n) is 12.9. The van der Waals surface area contributed by atoms with E-state index in [4.69, 9.17) is 10.5 Å². The van der Waals surface area contributed by atoms with E-state index < -0.39 is 0 Å². The summed E-state index contributed by atoms with van der Waals surface area (Å²) in [5.41, 5.74) is 5.93. The van der Waals surface area contributed by atoms with Crippen molar-refractivity contribution in [3.63, 3.8) is 0 Å². The largest absolute Gasteiger partial charge is 0.383 e. The van der Waals surface area contributed by atoms with Crippen LogP contribution in [-0.2, 0) is 4.74 Å². The molecule has 1 aromatic heterocycles. The minimum atomic E-state index is 0.0154. The van der Waals surface area contributed by atoms with Gasteiger partial charge >= 0.3 is 0 Å². The number of ether oxygens (including phenoxy) is 1. The Balaban J connectivity index is 2.11. The van der Waals surface area contributed by atoms with Gasteiger partial charge in [-0.05, 0) is 26.2 Å². The first kappa shape index (κ1) is 16.0. The zero-order valence-corrected chi connectivity index (χ0v) is 13.7. The van der Waals surface area contributed by atoms with Crippen molar-refractivity contribution >= 4 is 28.2 Å². The van der Waals surface area contributed by atoms with Crippen LogP contribution in [0.15, 0.2) is 0 Å². The van der Waals surface area contributed by atoms with E-state index in [1.165, 1.54) is 11.3 Å². The van der Waals surface area contributed by atoms with Gasteiger partial charge in [-0.25, -0.2) is 4.98 Å². The summed E-state index contributed by atoms with van der Waals surface area (Å²) < 4.78 is 4.98. The number of amides is 1. The molecule has 7 heteroatoms. The maximum Gasteiger partial charge on any atom is 0.268 e. The van der Waals surface area contributed by atoms with E-state index in [-0.39, 0.29) is 11.9 Å². The average Bonchev–Trinajstić information content (AvgIpc) is 3.01. The van der Waals surface area contributed by atoms with E-state index in [9.17, 15) is 4.79 Å². The van der Waals surface area contributed by atoms with Crippen molar-refractivity contribution in [2.75, 3.05) is 31.3 Å². The van der Waals surface area contributed by atoms with E-state index in [1.54, 1.807) is 7.11 Å². The van der Waals surface area contributed by atoms with Crippen molar-refractivity contribution < 1.29 is 9.53 Å². The Bertz CT molecular complexity index is 491. The van der Waals surface area contributed by atoms with Crippen LogP contribution in [0.1, 0.15) is 42.8 Å². The average molecular weight is 312 g/mol. The molecule has 2 unspecified atom stereocenters. The van der Waals surface area contributed by atoms with Crippen molar-refractivity contribution in [2.24, 2.45) is 0 Å². The van der Waals surface area contributed by atoms with Crippen LogP contribution < -0.4 is 11.1 Å². The Hall–Kier alpha value is -1.34. The van der Waals surface area contributed by atoms with E-state index in [1.807, 2.05) is 4.90 Å². The van der Waals surface area contributed by atoms with Crippen molar-refractivity contribution in [1.29, 1.82) is 0 Å². The maximum absolute atomic E-state index is 12.8. The summed E-state index contributed by atoms with van der Waals surface area (Å²) in [6.45, 7) is 5.46. The molecule has 0 bridgehead atoms.